The number of nitrogens with zero attached hydrogens (tertiary/aromatic N) is 3. The first-order valence-electron chi connectivity index (χ1n) is 5.86. The maximum Gasteiger partial charge on any atom is 0.196 e. The maximum atomic E-state index is 13.6. The number of hydrogen-bond acceptors (Lipinski definition) is 3. The zero-order valence-electron chi connectivity index (χ0n) is 10.3. The van der Waals surface area contributed by atoms with Crippen molar-refractivity contribution in [3.05, 3.63) is 41.5 Å². The van der Waals surface area contributed by atoms with Gasteiger partial charge in [-0.15, -0.1) is 5.10 Å². The summed E-state index contributed by atoms with van der Waals surface area (Å²) in [7, 11) is 0. The van der Waals surface area contributed by atoms with Gasteiger partial charge in [-0.2, -0.15) is 0 Å². The van der Waals surface area contributed by atoms with Crippen LogP contribution in [0, 0.1) is 17.5 Å². The monoisotopic (exact) mass is 270 g/mol. The van der Waals surface area contributed by atoms with Gasteiger partial charge in [-0.3, -0.25) is 0 Å². The van der Waals surface area contributed by atoms with Gasteiger partial charge in [0.2, 0.25) is 0 Å². The van der Waals surface area contributed by atoms with E-state index in [4.69, 9.17) is 5.73 Å². The van der Waals surface area contributed by atoms with Crippen molar-refractivity contribution in [1.82, 2.24) is 15.0 Å². The number of halogens is 3. The summed E-state index contributed by atoms with van der Waals surface area (Å²) in [5.74, 6) is -4.09. The third kappa shape index (κ3) is 2.60. The number of hydrogen-bond donors (Lipinski definition) is 1. The van der Waals surface area contributed by atoms with E-state index in [1.54, 1.807) is 0 Å². The Morgan fingerprint density at radius 2 is 2.00 bits per heavy atom. The van der Waals surface area contributed by atoms with Gasteiger partial charge < -0.3 is 5.73 Å². The van der Waals surface area contributed by atoms with E-state index in [1.165, 1.54) is 6.20 Å². The predicted octanol–water partition coefficient (Wildman–Crippen LogP) is 2.48. The topological polar surface area (TPSA) is 56.7 Å². The van der Waals surface area contributed by atoms with E-state index >= 15 is 0 Å². The number of aromatic nitrogens is 3. The molecule has 0 radical (unpaired) electrons. The molecule has 0 aliphatic heterocycles. The van der Waals surface area contributed by atoms with Crippen LogP contribution in [-0.2, 0) is 0 Å². The molecular weight excluding hydrogens is 257 g/mol. The third-order valence-corrected chi connectivity index (χ3v) is 2.75. The zero-order valence-corrected chi connectivity index (χ0v) is 10.3. The van der Waals surface area contributed by atoms with E-state index < -0.39 is 17.5 Å². The first kappa shape index (κ1) is 13.5. The number of rotatable bonds is 4. The first-order chi connectivity index (χ1) is 9.04. The molecule has 0 saturated heterocycles. The molecule has 0 aliphatic carbocycles. The molecule has 1 aromatic heterocycles. The van der Waals surface area contributed by atoms with Crippen molar-refractivity contribution in [2.75, 3.05) is 0 Å². The van der Waals surface area contributed by atoms with Crippen molar-refractivity contribution in [3.8, 4) is 5.69 Å². The maximum absolute atomic E-state index is 13.6. The van der Waals surface area contributed by atoms with E-state index in [9.17, 15) is 13.2 Å². The largest absolute Gasteiger partial charge is 0.323 e. The highest BCUT2D eigenvalue weighted by atomic mass is 19.2. The SMILES string of the molecule is CCCC(N)c1cn(-c2ccc(F)c(F)c2F)nn1. The Morgan fingerprint density at radius 1 is 1.26 bits per heavy atom. The normalized spacial score (nSPS) is 12.7. The van der Waals surface area contributed by atoms with Crippen molar-refractivity contribution in [3.63, 3.8) is 0 Å². The van der Waals surface area contributed by atoms with Crippen LogP contribution in [-0.4, -0.2) is 15.0 Å². The molecule has 0 saturated carbocycles. The van der Waals surface area contributed by atoms with Gasteiger partial charge in [0.25, 0.3) is 0 Å². The van der Waals surface area contributed by atoms with Crippen LogP contribution in [0.3, 0.4) is 0 Å². The molecule has 0 fully saturated rings. The molecule has 4 nitrogen and oxygen atoms in total. The molecule has 2 rings (SSSR count). The van der Waals surface area contributed by atoms with Gasteiger partial charge in [0.1, 0.15) is 5.69 Å². The van der Waals surface area contributed by atoms with Gasteiger partial charge in [0.15, 0.2) is 17.5 Å². The van der Waals surface area contributed by atoms with Crippen molar-refractivity contribution >= 4 is 0 Å². The fourth-order valence-electron chi connectivity index (χ4n) is 1.72. The summed E-state index contributed by atoms with van der Waals surface area (Å²) in [5.41, 5.74) is 6.12. The lowest BCUT2D eigenvalue weighted by Gasteiger charge is -2.05. The Balaban J connectivity index is 2.36. The Labute approximate surface area is 108 Å². The summed E-state index contributed by atoms with van der Waals surface area (Å²) in [6, 6.07) is 1.62. The van der Waals surface area contributed by atoms with Crippen LogP contribution >= 0.6 is 0 Å². The van der Waals surface area contributed by atoms with Crippen LogP contribution in [0.5, 0.6) is 0 Å². The lowest BCUT2D eigenvalue weighted by atomic mass is 10.1. The molecule has 19 heavy (non-hydrogen) atoms. The van der Waals surface area contributed by atoms with Gasteiger partial charge in [-0.05, 0) is 18.6 Å². The van der Waals surface area contributed by atoms with Crippen molar-refractivity contribution < 1.29 is 13.2 Å². The number of benzene rings is 1. The van der Waals surface area contributed by atoms with E-state index in [2.05, 4.69) is 10.3 Å². The summed E-state index contributed by atoms with van der Waals surface area (Å²) in [5, 5.41) is 7.49. The summed E-state index contributed by atoms with van der Waals surface area (Å²) >= 11 is 0. The predicted molar refractivity (Wildman–Crippen MR) is 63.1 cm³/mol. The standard InChI is InChI=1S/C12H13F3N4/c1-2-3-8(16)9-6-19(18-17-9)10-5-4-7(13)11(14)12(10)15/h4-6,8H,2-3,16H2,1H3. The molecule has 1 heterocycles. The second kappa shape index (κ2) is 5.40. The highest BCUT2D eigenvalue weighted by Gasteiger charge is 2.17. The van der Waals surface area contributed by atoms with E-state index in [-0.39, 0.29) is 11.7 Å². The molecule has 0 bridgehead atoms. The average Bonchev–Trinajstić information content (AvgIpc) is 2.86. The number of nitrogens with two attached hydrogens (primary N) is 1. The fourth-order valence-corrected chi connectivity index (χ4v) is 1.72. The van der Waals surface area contributed by atoms with Gasteiger partial charge in [0, 0.05) is 0 Å². The Bertz CT molecular complexity index is 582. The summed E-state index contributed by atoms with van der Waals surface area (Å²) in [6.07, 6.45) is 2.99. The Hall–Kier alpha value is -1.89. The smallest absolute Gasteiger partial charge is 0.196 e. The van der Waals surface area contributed by atoms with Gasteiger partial charge >= 0.3 is 0 Å². The van der Waals surface area contributed by atoms with Crippen molar-refractivity contribution in [2.45, 2.75) is 25.8 Å². The highest BCUT2D eigenvalue weighted by Crippen LogP contribution is 2.20. The molecule has 1 atom stereocenters. The Kier molecular flexibility index (Phi) is 3.84. The quantitative estimate of drug-likeness (QED) is 0.868. The molecule has 2 N–H and O–H groups in total. The second-order valence-electron chi connectivity index (χ2n) is 4.18. The molecular formula is C12H13F3N4. The average molecular weight is 270 g/mol. The molecule has 7 heteroatoms. The first-order valence-corrected chi connectivity index (χ1v) is 5.86. The van der Waals surface area contributed by atoms with E-state index in [0.29, 0.717) is 12.1 Å². The third-order valence-electron chi connectivity index (χ3n) is 2.75. The van der Waals surface area contributed by atoms with Gasteiger partial charge in [-0.1, -0.05) is 18.6 Å². The molecule has 0 aliphatic rings. The minimum absolute atomic E-state index is 0.207. The van der Waals surface area contributed by atoms with E-state index in [1.807, 2.05) is 6.92 Å². The van der Waals surface area contributed by atoms with Gasteiger partial charge in [-0.25, -0.2) is 17.9 Å². The molecule has 1 unspecified atom stereocenters. The van der Waals surface area contributed by atoms with Crippen LogP contribution in [0.1, 0.15) is 31.5 Å². The van der Waals surface area contributed by atoms with E-state index in [0.717, 1.165) is 23.2 Å². The van der Waals surface area contributed by atoms with Crippen LogP contribution in [0.25, 0.3) is 5.69 Å². The summed E-state index contributed by atoms with van der Waals surface area (Å²) in [6.45, 7) is 1.97. The van der Waals surface area contributed by atoms with Crippen LogP contribution in [0.2, 0.25) is 0 Å². The molecule has 0 amide bonds. The lowest BCUT2D eigenvalue weighted by molar-refractivity contribution is 0.442. The van der Waals surface area contributed by atoms with Crippen molar-refractivity contribution in [1.29, 1.82) is 0 Å². The second-order valence-corrected chi connectivity index (χ2v) is 4.18. The van der Waals surface area contributed by atoms with Crippen LogP contribution < -0.4 is 5.73 Å². The molecule has 2 aromatic rings. The highest BCUT2D eigenvalue weighted by molar-refractivity contribution is 5.34. The van der Waals surface area contributed by atoms with Crippen molar-refractivity contribution in [2.24, 2.45) is 5.73 Å². The summed E-state index contributed by atoms with van der Waals surface area (Å²) in [4.78, 5) is 0. The molecule has 0 spiro atoms. The fraction of sp³-hybridized carbons (Fsp3) is 0.333. The van der Waals surface area contributed by atoms with Gasteiger partial charge in [0.05, 0.1) is 17.9 Å². The summed E-state index contributed by atoms with van der Waals surface area (Å²) < 4.78 is 40.6. The zero-order chi connectivity index (χ0) is 14.0. The Morgan fingerprint density at radius 3 is 2.68 bits per heavy atom. The molecule has 102 valence electrons. The minimum Gasteiger partial charge on any atom is -0.323 e. The van der Waals surface area contributed by atoms with Crippen LogP contribution in [0.15, 0.2) is 18.3 Å². The van der Waals surface area contributed by atoms with Crippen LogP contribution in [0.4, 0.5) is 13.2 Å². The lowest BCUT2D eigenvalue weighted by Crippen LogP contribution is -2.10. The minimum atomic E-state index is -1.53. The molecule has 1 aromatic carbocycles.